The van der Waals surface area contributed by atoms with Gasteiger partial charge in [0.2, 0.25) is 0 Å². The number of carbonyl (C=O) groups is 2. The van der Waals surface area contributed by atoms with Gasteiger partial charge in [-0.2, -0.15) is 51.8 Å². The summed E-state index contributed by atoms with van der Waals surface area (Å²) in [6.45, 7) is 0. The number of sulfonamides is 2. The fraction of sp³-hybridized carbons (Fsp3) is 0.300. The van der Waals surface area contributed by atoms with Gasteiger partial charge in [-0.1, -0.05) is 0 Å². The minimum Gasteiger partial charge on any atom is -0.262 e. The molecule has 16 nitrogen and oxygen atoms in total. The number of anilines is 2. The molecule has 0 N–H and O–H groups in total. The van der Waals surface area contributed by atoms with Gasteiger partial charge in [-0.25, -0.2) is 33.7 Å². The Morgan fingerprint density at radius 2 is 0.729 bits per heavy atom. The number of halogens is 6. The first-order valence-electron chi connectivity index (χ1n) is 11.4. The largest absolute Gasteiger partial charge is 0.517 e. The third-order valence-corrected chi connectivity index (χ3v) is 12.9. The minimum atomic E-state index is -7.48. The third kappa shape index (κ3) is 7.92. The van der Waals surface area contributed by atoms with Gasteiger partial charge in [0.1, 0.15) is 0 Å². The molecule has 0 aliphatic rings. The second kappa shape index (κ2) is 12.2. The number of nitrogens with zero attached hydrogens (tertiary/aromatic N) is 2. The molecule has 2 aromatic rings. The monoisotopic (exact) mass is 816 g/mol. The molecule has 0 bridgehead atoms. The van der Waals surface area contributed by atoms with Gasteiger partial charge in [-0.3, -0.25) is 9.59 Å². The second-order valence-corrected chi connectivity index (χ2v) is 20.9. The van der Waals surface area contributed by atoms with Gasteiger partial charge < -0.3 is 0 Å². The molecule has 0 aliphatic carbocycles. The van der Waals surface area contributed by atoms with Gasteiger partial charge in [-0.15, -0.1) is 0 Å². The topological polar surface area (TPSA) is 245 Å². The van der Waals surface area contributed by atoms with E-state index >= 15 is 0 Å². The standard InChI is InChI=1S/C20H18F6N2O14S6/c1-43(31,32)11-5-7-13(15(9-11)45(3,35)36)27(47(39,40)19(21,22)23)17(29)18(30)28(48(41,42)20(24,25)26)14-8-6-12(44(2,33)34)10-16(14)46(4,37)38/h5-10H,1-4H3. The predicted molar refractivity (Wildman–Crippen MR) is 150 cm³/mol. The number of benzene rings is 2. The zero-order chi connectivity index (χ0) is 38.0. The van der Waals surface area contributed by atoms with Gasteiger partial charge in [-0.05, 0) is 36.4 Å². The number of hydrogen-bond acceptors (Lipinski definition) is 14. The van der Waals surface area contributed by atoms with E-state index in [1.54, 1.807) is 0 Å². The third-order valence-electron chi connectivity index (χ3n) is 5.57. The van der Waals surface area contributed by atoms with Crippen LogP contribution < -0.4 is 8.61 Å². The Kier molecular flexibility index (Phi) is 10.4. The summed E-state index contributed by atoms with van der Waals surface area (Å²) in [5.74, 6) is -6.85. The van der Waals surface area contributed by atoms with Crippen LogP contribution in [0, 0.1) is 0 Å². The van der Waals surface area contributed by atoms with E-state index in [4.69, 9.17) is 0 Å². The summed E-state index contributed by atoms with van der Waals surface area (Å²) in [5, 5.41) is 0. The number of carbonyl (C=O) groups excluding carboxylic acids is 2. The molecule has 2 aromatic carbocycles. The van der Waals surface area contributed by atoms with Gasteiger partial charge in [0.25, 0.3) is 0 Å². The van der Waals surface area contributed by atoms with Crippen molar-refractivity contribution in [3.63, 3.8) is 0 Å². The summed E-state index contributed by atoms with van der Waals surface area (Å²) in [5.41, 5.74) is -17.5. The number of alkyl halides is 6. The van der Waals surface area contributed by atoms with Crippen LogP contribution in [0.25, 0.3) is 0 Å². The molecule has 28 heteroatoms. The molecular formula is C20H18F6N2O14S6. The highest BCUT2D eigenvalue weighted by Gasteiger charge is 2.59. The average Bonchev–Trinajstić information content (AvgIpc) is 2.85. The molecule has 48 heavy (non-hydrogen) atoms. The van der Waals surface area contributed by atoms with E-state index < -0.39 is 122 Å². The predicted octanol–water partition coefficient (Wildman–Crippen LogP) is 0.366. The summed E-state index contributed by atoms with van der Waals surface area (Å²) < 4.78 is 227. The normalized spacial score (nSPS) is 14.0. The average molecular weight is 817 g/mol. The molecule has 0 radical (unpaired) electrons. The van der Waals surface area contributed by atoms with Crippen LogP contribution in [0.5, 0.6) is 0 Å². The maximum Gasteiger partial charge on any atom is 0.517 e. The first-order valence-corrected chi connectivity index (χ1v) is 21.8. The van der Waals surface area contributed by atoms with Crippen LogP contribution in [0.1, 0.15) is 0 Å². The van der Waals surface area contributed by atoms with Crippen molar-refractivity contribution < 1.29 is 86.4 Å². The number of rotatable bonds is 8. The van der Waals surface area contributed by atoms with Crippen molar-refractivity contribution in [2.24, 2.45) is 0 Å². The van der Waals surface area contributed by atoms with E-state index in [-0.39, 0.29) is 48.9 Å². The van der Waals surface area contributed by atoms with Crippen LogP contribution in [0.4, 0.5) is 37.7 Å². The Hall–Kier alpha value is -3.34. The second-order valence-electron chi connectivity index (χ2n) is 9.39. The van der Waals surface area contributed by atoms with Gasteiger partial charge >= 0.3 is 42.9 Å². The van der Waals surface area contributed by atoms with Crippen LogP contribution >= 0.6 is 0 Å². The zero-order valence-electron chi connectivity index (χ0n) is 23.8. The Morgan fingerprint density at radius 3 is 0.917 bits per heavy atom. The van der Waals surface area contributed by atoms with Crippen molar-refractivity contribution in [2.75, 3.05) is 33.6 Å². The van der Waals surface area contributed by atoms with Crippen LogP contribution in [0.2, 0.25) is 0 Å². The molecule has 0 saturated heterocycles. The molecule has 2 rings (SSSR count). The molecule has 270 valence electrons. The van der Waals surface area contributed by atoms with Crippen LogP contribution in [0.3, 0.4) is 0 Å². The van der Waals surface area contributed by atoms with Crippen molar-refractivity contribution in [2.45, 2.75) is 30.6 Å². The summed E-state index contributed by atoms with van der Waals surface area (Å²) in [4.78, 5) is 21.1. The van der Waals surface area contributed by atoms with Crippen molar-refractivity contribution in [3.8, 4) is 0 Å². The van der Waals surface area contributed by atoms with E-state index in [0.29, 0.717) is 12.5 Å². The Morgan fingerprint density at radius 1 is 0.479 bits per heavy atom. The maximum absolute atomic E-state index is 13.8. The van der Waals surface area contributed by atoms with Crippen LogP contribution in [0.15, 0.2) is 56.0 Å². The Labute approximate surface area is 268 Å². The first-order chi connectivity index (χ1) is 21.0. The molecule has 2 amide bonds. The van der Waals surface area contributed by atoms with Crippen LogP contribution in [-0.4, -0.2) is 98.4 Å². The number of hydrogen-bond donors (Lipinski definition) is 0. The summed E-state index contributed by atoms with van der Waals surface area (Å²) in [6.07, 6.45) is 1.12. The zero-order valence-corrected chi connectivity index (χ0v) is 28.7. The summed E-state index contributed by atoms with van der Waals surface area (Å²) >= 11 is 0. The van der Waals surface area contributed by atoms with E-state index in [2.05, 4.69) is 0 Å². The molecule has 0 aliphatic heterocycles. The fourth-order valence-corrected chi connectivity index (χ4v) is 8.62. The lowest BCUT2D eigenvalue weighted by atomic mass is 10.3. The summed E-state index contributed by atoms with van der Waals surface area (Å²) in [6, 6.07) is 0.260. The van der Waals surface area contributed by atoms with Crippen LogP contribution in [-0.2, 0) is 69.0 Å². The summed E-state index contributed by atoms with van der Waals surface area (Å²) in [7, 11) is -34.2. The van der Waals surface area contributed by atoms with Gasteiger partial charge in [0.15, 0.2) is 39.3 Å². The fourth-order valence-electron chi connectivity index (χ4n) is 3.46. The molecule has 0 spiro atoms. The highest BCUT2D eigenvalue weighted by Crippen LogP contribution is 2.39. The lowest BCUT2D eigenvalue weighted by Gasteiger charge is -2.29. The molecule has 0 heterocycles. The lowest BCUT2D eigenvalue weighted by molar-refractivity contribution is -0.135. The Bertz CT molecular complexity index is 2220. The lowest BCUT2D eigenvalue weighted by Crippen LogP contribution is -2.55. The molecule has 0 aromatic heterocycles. The molecular weight excluding hydrogens is 799 g/mol. The number of amides is 2. The number of sulfone groups is 4. The smallest absolute Gasteiger partial charge is 0.262 e. The first kappa shape index (κ1) is 40.8. The highest BCUT2D eigenvalue weighted by molar-refractivity contribution is 7.96. The maximum atomic E-state index is 13.8. The highest BCUT2D eigenvalue weighted by atomic mass is 32.2. The van der Waals surface area contributed by atoms with Gasteiger partial charge in [0.05, 0.1) is 31.0 Å². The molecule has 0 unspecified atom stereocenters. The van der Waals surface area contributed by atoms with E-state index in [1.807, 2.05) is 0 Å². The molecule has 0 fully saturated rings. The molecule has 0 saturated carbocycles. The van der Waals surface area contributed by atoms with Crippen molar-refractivity contribution >= 4 is 82.6 Å². The minimum absolute atomic E-state index is 0.00650. The van der Waals surface area contributed by atoms with E-state index in [9.17, 15) is 86.4 Å². The van der Waals surface area contributed by atoms with Crippen molar-refractivity contribution in [3.05, 3.63) is 36.4 Å². The molecule has 0 atom stereocenters. The quantitative estimate of drug-likeness (QED) is 0.258. The van der Waals surface area contributed by atoms with Gasteiger partial charge in [0, 0.05) is 25.0 Å². The van der Waals surface area contributed by atoms with Crippen molar-refractivity contribution in [1.82, 2.24) is 0 Å². The van der Waals surface area contributed by atoms with E-state index in [0.717, 1.165) is 0 Å². The van der Waals surface area contributed by atoms with E-state index in [1.165, 1.54) is 0 Å². The van der Waals surface area contributed by atoms with Crippen molar-refractivity contribution in [1.29, 1.82) is 0 Å². The SMILES string of the molecule is CS(=O)(=O)c1ccc(N(C(=O)C(=O)N(c2ccc(S(C)(=O)=O)cc2S(C)(=O)=O)S(=O)(=O)C(F)(F)F)S(=O)(=O)C(F)(F)F)c(S(C)(=O)=O)c1. The Balaban J connectivity index is 3.23.